The lowest BCUT2D eigenvalue weighted by Gasteiger charge is -2.37. The number of benzene rings is 1. The van der Waals surface area contributed by atoms with Gasteiger partial charge in [0.1, 0.15) is 0 Å². The SMILES string of the molecule is COC1(C(F)(F)F)CCc2ccn(S(=O)(=O)c3ccc(C)cc3)c2C1. The van der Waals surface area contributed by atoms with Crippen LogP contribution in [0.3, 0.4) is 0 Å². The Balaban J connectivity index is 2.08. The number of fused-ring (bicyclic) bond motifs is 1. The monoisotopic (exact) mass is 373 g/mol. The summed E-state index contributed by atoms with van der Waals surface area (Å²) >= 11 is 0. The summed E-state index contributed by atoms with van der Waals surface area (Å²) in [6.07, 6.45) is -3.90. The molecule has 0 amide bonds. The minimum atomic E-state index is -4.58. The number of aryl methyl sites for hydroxylation is 2. The molecule has 1 aliphatic carbocycles. The molecule has 1 unspecified atom stereocenters. The molecule has 0 fully saturated rings. The molecule has 0 radical (unpaired) electrons. The van der Waals surface area contributed by atoms with Gasteiger partial charge >= 0.3 is 6.18 Å². The number of rotatable bonds is 3. The Morgan fingerprint density at radius 1 is 1.16 bits per heavy atom. The van der Waals surface area contributed by atoms with Gasteiger partial charge in [0.05, 0.1) is 4.90 Å². The van der Waals surface area contributed by atoms with Crippen molar-refractivity contribution in [1.29, 1.82) is 0 Å². The van der Waals surface area contributed by atoms with Crippen LogP contribution in [0.2, 0.25) is 0 Å². The summed E-state index contributed by atoms with van der Waals surface area (Å²) < 4.78 is 72.0. The van der Waals surface area contributed by atoms with Crippen molar-refractivity contribution in [3.8, 4) is 0 Å². The van der Waals surface area contributed by atoms with Crippen LogP contribution in [-0.2, 0) is 27.6 Å². The lowest BCUT2D eigenvalue weighted by Crippen LogP contribution is -2.51. The quantitative estimate of drug-likeness (QED) is 0.828. The van der Waals surface area contributed by atoms with Crippen molar-refractivity contribution in [2.45, 2.75) is 42.9 Å². The predicted molar refractivity (Wildman–Crippen MR) is 86.0 cm³/mol. The number of hydrogen-bond acceptors (Lipinski definition) is 3. The van der Waals surface area contributed by atoms with Crippen molar-refractivity contribution >= 4 is 10.0 Å². The number of hydrogen-bond donors (Lipinski definition) is 0. The van der Waals surface area contributed by atoms with Crippen molar-refractivity contribution in [3.63, 3.8) is 0 Å². The Morgan fingerprint density at radius 3 is 2.36 bits per heavy atom. The van der Waals surface area contributed by atoms with Gasteiger partial charge in [-0.15, -0.1) is 0 Å². The summed E-state index contributed by atoms with van der Waals surface area (Å²) in [5, 5.41) is 0. The molecule has 4 nitrogen and oxygen atoms in total. The van der Waals surface area contributed by atoms with E-state index in [2.05, 4.69) is 0 Å². The zero-order valence-corrected chi connectivity index (χ0v) is 14.6. The lowest BCUT2D eigenvalue weighted by molar-refractivity contribution is -0.273. The second kappa shape index (κ2) is 5.88. The van der Waals surface area contributed by atoms with Crippen molar-refractivity contribution in [1.82, 2.24) is 3.97 Å². The topological polar surface area (TPSA) is 48.3 Å². The fraction of sp³-hybridized carbons (Fsp3) is 0.412. The van der Waals surface area contributed by atoms with Crippen molar-refractivity contribution in [2.75, 3.05) is 7.11 Å². The van der Waals surface area contributed by atoms with Crippen LogP contribution in [-0.4, -0.2) is 31.3 Å². The molecule has 1 atom stereocenters. The van der Waals surface area contributed by atoms with Gasteiger partial charge in [-0.25, -0.2) is 12.4 Å². The van der Waals surface area contributed by atoms with Gasteiger partial charge in [0.25, 0.3) is 10.0 Å². The minimum absolute atomic E-state index is 0.0390. The van der Waals surface area contributed by atoms with E-state index in [1.807, 2.05) is 6.92 Å². The van der Waals surface area contributed by atoms with Crippen molar-refractivity contribution in [3.05, 3.63) is 53.3 Å². The summed E-state index contributed by atoms with van der Waals surface area (Å²) in [6.45, 7) is 1.82. The Bertz CT molecular complexity index is 885. The summed E-state index contributed by atoms with van der Waals surface area (Å²) in [6, 6.07) is 7.77. The molecular formula is C17H18F3NO3S. The normalized spacial score (nSPS) is 21.2. The zero-order chi connectivity index (χ0) is 18.5. The van der Waals surface area contributed by atoms with Gasteiger partial charge in [0, 0.05) is 25.4 Å². The lowest BCUT2D eigenvalue weighted by atomic mass is 9.83. The maximum atomic E-state index is 13.5. The molecule has 0 aliphatic heterocycles. The molecular weight excluding hydrogens is 355 g/mol. The maximum Gasteiger partial charge on any atom is 0.417 e. The number of nitrogens with zero attached hydrogens (tertiary/aromatic N) is 1. The van der Waals surface area contributed by atoms with Gasteiger partial charge in [-0.2, -0.15) is 13.2 Å². The van der Waals surface area contributed by atoms with Crippen molar-refractivity contribution < 1.29 is 26.3 Å². The molecule has 0 N–H and O–H groups in total. The molecule has 3 rings (SSSR count). The molecule has 1 aromatic carbocycles. The zero-order valence-electron chi connectivity index (χ0n) is 13.8. The number of alkyl halides is 3. The smallest absolute Gasteiger partial charge is 0.368 e. The highest BCUT2D eigenvalue weighted by atomic mass is 32.2. The molecule has 1 heterocycles. The molecule has 136 valence electrons. The first-order chi connectivity index (χ1) is 11.6. The second-order valence-electron chi connectivity index (χ2n) is 6.27. The molecule has 2 aromatic rings. The van der Waals surface area contributed by atoms with Crippen LogP contribution in [0.5, 0.6) is 0 Å². The predicted octanol–water partition coefficient (Wildman–Crippen LogP) is 3.47. The van der Waals surface area contributed by atoms with E-state index >= 15 is 0 Å². The highest BCUT2D eigenvalue weighted by Gasteiger charge is 2.57. The second-order valence-corrected chi connectivity index (χ2v) is 8.09. The van der Waals surface area contributed by atoms with E-state index in [1.165, 1.54) is 18.3 Å². The van der Waals surface area contributed by atoms with Gasteiger partial charge in [-0.3, -0.25) is 0 Å². The van der Waals surface area contributed by atoms with E-state index in [1.54, 1.807) is 18.2 Å². The number of ether oxygens (including phenoxy) is 1. The third kappa shape index (κ3) is 2.87. The number of methoxy groups -OCH3 is 1. The molecule has 0 spiro atoms. The van der Waals surface area contributed by atoms with E-state index in [0.717, 1.165) is 16.6 Å². The molecule has 0 saturated carbocycles. The molecule has 1 aromatic heterocycles. The van der Waals surface area contributed by atoms with Crippen LogP contribution in [0.15, 0.2) is 41.4 Å². The summed E-state index contributed by atoms with van der Waals surface area (Å²) in [5.74, 6) is 0. The van der Waals surface area contributed by atoms with Gasteiger partial charge in [0.2, 0.25) is 0 Å². The van der Waals surface area contributed by atoms with Crippen LogP contribution < -0.4 is 0 Å². The average molecular weight is 373 g/mol. The first-order valence-electron chi connectivity index (χ1n) is 7.74. The Kier molecular flexibility index (Phi) is 4.23. The van der Waals surface area contributed by atoms with E-state index in [9.17, 15) is 21.6 Å². The van der Waals surface area contributed by atoms with Crippen molar-refractivity contribution in [2.24, 2.45) is 0 Å². The highest BCUT2D eigenvalue weighted by molar-refractivity contribution is 7.90. The first kappa shape index (κ1) is 18.0. The first-order valence-corrected chi connectivity index (χ1v) is 9.18. The van der Waals surface area contributed by atoms with Crippen LogP contribution in [0.4, 0.5) is 13.2 Å². The van der Waals surface area contributed by atoms with Crippen LogP contribution in [0, 0.1) is 6.92 Å². The van der Waals surface area contributed by atoms with E-state index < -0.39 is 28.2 Å². The average Bonchev–Trinajstić information content (AvgIpc) is 2.97. The third-order valence-electron chi connectivity index (χ3n) is 4.78. The largest absolute Gasteiger partial charge is 0.417 e. The Labute approximate surface area is 144 Å². The highest BCUT2D eigenvalue weighted by Crippen LogP contribution is 2.43. The fourth-order valence-corrected chi connectivity index (χ4v) is 4.58. The maximum absolute atomic E-state index is 13.5. The Morgan fingerprint density at radius 2 is 1.80 bits per heavy atom. The summed E-state index contributed by atoms with van der Waals surface area (Å²) in [4.78, 5) is 0.0390. The van der Waals surface area contributed by atoms with E-state index in [0.29, 0.717) is 5.56 Å². The van der Waals surface area contributed by atoms with Gasteiger partial charge in [0.15, 0.2) is 5.60 Å². The molecule has 0 saturated heterocycles. The van der Waals surface area contributed by atoms with Gasteiger partial charge < -0.3 is 4.74 Å². The number of halogens is 3. The standard InChI is InChI=1S/C17H18F3NO3S/c1-12-3-5-14(6-4-12)25(22,23)21-10-8-13-7-9-16(24-2,11-15(13)21)17(18,19)20/h3-6,8,10H,7,9,11H2,1-2H3. The molecule has 0 bridgehead atoms. The van der Waals surface area contributed by atoms with Crippen LogP contribution in [0.1, 0.15) is 23.2 Å². The Hall–Kier alpha value is -1.80. The van der Waals surface area contributed by atoms with E-state index in [-0.39, 0.29) is 23.4 Å². The van der Waals surface area contributed by atoms with Crippen LogP contribution >= 0.6 is 0 Å². The summed E-state index contributed by atoms with van der Waals surface area (Å²) in [7, 11) is -2.95. The molecule has 1 aliphatic rings. The van der Waals surface area contributed by atoms with Gasteiger partial charge in [-0.1, -0.05) is 17.7 Å². The molecule has 8 heteroatoms. The summed E-state index contributed by atoms with van der Waals surface area (Å²) in [5.41, 5.74) is -0.735. The van der Waals surface area contributed by atoms with Crippen LogP contribution in [0.25, 0.3) is 0 Å². The minimum Gasteiger partial charge on any atom is -0.368 e. The van der Waals surface area contributed by atoms with E-state index in [4.69, 9.17) is 4.74 Å². The van der Waals surface area contributed by atoms with Gasteiger partial charge in [-0.05, 0) is 43.5 Å². The number of aromatic nitrogens is 1. The molecule has 25 heavy (non-hydrogen) atoms. The fourth-order valence-electron chi connectivity index (χ4n) is 3.18. The third-order valence-corrected chi connectivity index (χ3v) is 6.51.